The number of nitrogens with zero attached hydrogens (tertiary/aromatic N) is 1. The fourth-order valence-corrected chi connectivity index (χ4v) is 2.80. The van der Waals surface area contributed by atoms with Gasteiger partial charge in [-0.1, -0.05) is 31.5 Å². The van der Waals surface area contributed by atoms with Gasteiger partial charge in [0.25, 0.3) is 0 Å². The molecule has 0 atom stereocenters. The fraction of sp³-hybridized carbons (Fsp3) is 0.714. The predicted octanol–water partition coefficient (Wildman–Crippen LogP) is 3.64. The number of methoxy groups -OCH3 is 1. The van der Waals surface area contributed by atoms with E-state index in [0.717, 1.165) is 31.2 Å². The average Bonchev–Trinajstić information content (AvgIpc) is 2.44. The summed E-state index contributed by atoms with van der Waals surface area (Å²) in [5.41, 5.74) is 0. The van der Waals surface area contributed by atoms with Crippen LogP contribution in [0.1, 0.15) is 50.3 Å². The van der Waals surface area contributed by atoms with Crippen LogP contribution in [0.2, 0.25) is 0 Å². The number of aromatic nitrogens is 2. The summed E-state index contributed by atoms with van der Waals surface area (Å²) in [6.07, 6.45) is 7.40. The van der Waals surface area contributed by atoms with Crippen LogP contribution in [0.15, 0.2) is 6.07 Å². The van der Waals surface area contributed by atoms with E-state index < -0.39 is 0 Å². The summed E-state index contributed by atoms with van der Waals surface area (Å²) in [6.45, 7) is 1.65. The summed E-state index contributed by atoms with van der Waals surface area (Å²) in [4.78, 5) is 7.90. The average molecular weight is 281 g/mol. The Balaban J connectivity index is 1.99. The van der Waals surface area contributed by atoms with Crippen molar-refractivity contribution in [2.24, 2.45) is 0 Å². The Labute approximate surface area is 120 Å². The number of aromatic amines is 1. The summed E-state index contributed by atoms with van der Waals surface area (Å²) in [5.74, 6) is 2.59. The SMILES string of the molecule is COCCCNc1cc(=S)nc(C2CCCCC2)[nH]1. The molecular weight excluding hydrogens is 258 g/mol. The maximum atomic E-state index is 5.26. The third kappa shape index (κ3) is 4.58. The van der Waals surface area contributed by atoms with Crippen molar-refractivity contribution < 1.29 is 4.74 Å². The summed E-state index contributed by atoms with van der Waals surface area (Å²) >= 11 is 5.26. The zero-order chi connectivity index (χ0) is 13.5. The molecule has 1 aliphatic carbocycles. The molecule has 106 valence electrons. The number of H-pyrrole nitrogens is 1. The van der Waals surface area contributed by atoms with Gasteiger partial charge in [-0.2, -0.15) is 0 Å². The van der Waals surface area contributed by atoms with Crippen LogP contribution >= 0.6 is 12.2 Å². The third-order valence-corrected chi connectivity index (χ3v) is 3.80. The van der Waals surface area contributed by atoms with Gasteiger partial charge < -0.3 is 15.0 Å². The van der Waals surface area contributed by atoms with E-state index in [-0.39, 0.29) is 0 Å². The minimum atomic E-state index is 0.552. The quantitative estimate of drug-likeness (QED) is 0.617. The molecule has 4 nitrogen and oxygen atoms in total. The van der Waals surface area contributed by atoms with Crippen molar-refractivity contribution in [1.29, 1.82) is 0 Å². The largest absolute Gasteiger partial charge is 0.385 e. The molecule has 1 heterocycles. The molecule has 0 unspecified atom stereocenters. The van der Waals surface area contributed by atoms with Crippen LogP contribution in [0.25, 0.3) is 0 Å². The summed E-state index contributed by atoms with van der Waals surface area (Å²) < 4.78 is 5.71. The topological polar surface area (TPSA) is 49.9 Å². The number of anilines is 1. The Morgan fingerprint density at radius 1 is 1.42 bits per heavy atom. The van der Waals surface area contributed by atoms with Crippen LogP contribution in [0.4, 0.5) is 5.82 Å². The van der Waals surface area contributed by atoms with E-state index in [1.807, 2.05) is 6.07 Å². The summed E-state index contributed by atoms with van der Waals surface area (Å²) in [5, 5.41) is 3.36. The van der Waals surface area contributed by atoms with Gasteiger partial charge in [0.1, 0.15) is 16.3 Å². The van der Waals surface area contributed by atoms with E-state index in [9.17, 15) is 0 Å². The van der Waals surface area contributed by atoms with Gasteiger partial charge in [-0.15, -0.1) is 0 Å². The molecule has 0 saturated heterocycles. The van der Waals surface area contributed by atoms with Crippen molar-refractivity contribution in [1.82, 2.24) is 9.97 Å². The van der Waals surface area contributed by atoms with E-state index in [1.54, 1.807) is 7.11 Å². The van der Waals surface area contributed by atoms with Crippen LogP contribution < -0.4 is 5.32 Å². The lowest BCUT2D eigenvalue weighted by Gasteiger charge is -2.21. The van der Waals surface area contributed by atoms with E-state index in [0.29, 0.717) is 10.6 Å². The lowest BCUT2D eigenvalue weighted by molar-refractivity contribution is 0.197. The monoisotopic (exact) mass is 281 g/mol. The molecule has 5 heteroatoms. The molecule has 2 rings (SSSR count). The molecule has 0 spiro atoms. The molecule has 0 aromatic carbocycles. The van der Waals surface area contributed by atoms with Gasteiger partial charge in [0.15, 0.2) is 0 Å². The Morgan fingerprint density at radius 3 is 2.95 bits per heavy atom. The second-order valence-electron chi connectivity index (χ2n) is 5.13. The minimum absolute atomic E-state index is 0.552. The lowest BCUT2D eigenvalue weighted by atomic mass is 9.89. The lowest BCUT2D eigenvalue weighted by Crippen LogP contribution is -2.12. The number of hydrogen-bond donors (Lipinski definition) is 2. The first-order valence-electron chi connectivity index (χ1n) is 7.13. The minimum Gasteiger partial charge on any atom is -0.385 e. The first-order chi connectivity index (χ1) is 9.29. The molecule has 0 aliphatic heterocycles. The van der Waals surface area contributed by atoms with Crippen molar-refractivity contribution in [3.8, 4) is 0 Å². The second-order valence-corrected chi connectivity index (χ2v) is 5.54. The molecule has 0 radical (unpaired) electrons. The molecule has 2 N–H and O–H groups in total. The van der Waals surface area contributed by atoms with Gasteiger partial charge in [0.05, 0.1) is 0 Å². The summed E-state index contributed by atoms with van der Waals surface area (Å²) in [6, 6.07) is 1.90. The maximum absolute atomic E-state index is 5.26. The molecule has 0 amide bonds. The van der Waals surface area contributed by atoms with Crippen LogP contribution in [0, 0.1) is 4.64 Å². The van der Waals surface area contributed by atoms with Crippen molar-refractivity contribution in [2.45, 2.75) is 44.4 Å². The summed E-state index contributed by atoms with van der Waals surface area (Å²) in [7, 11) is 1.72. The first kappa shape index (κ1) is 14.5. The molecule has 19 heavy (non-hydrogen) atoms. The Bertz CT molecular complexity index is 441. The van der Waals surface area contributed by atoms with Gasteiger partial charge in [0, 0.05) is 32.2 Å². The number of ether oxygens (including phenoxy) is 1. The highest BCUT2D eigenvalue weighted by molar-refractivity contribution is 7.71. The molecule has 1 fully saturated rings. The zero-order valence-corrected chi connectivity index (χ0v) is 12.4. The van der Waals surface area contributed by atoms with Gasteiger partial charge in [-0.05, 0) is 19.3 Å². The highest BCUT2D eigenvalue weighted by Crippen LogP contribution is 2.30. The van der Waals surface area contributed by atoms with Gasteiger partial charge in [0.2, 0.25) is 0 Å². The molecule has 1 aliphatic rings. The highest BCUT2D eigenvalue weighted by atomic mass is 32.1. The van der Waals surface area contributed by atoms with E-state index in [4.69, 9.17) is 17.0 Å². The van der Waals surface area contributed by atoms with Crippen LogP contribution in [0.3, 0.4) is 0 Å². The highest BCUT2D eigenvalue weighted by Gasteiger charge is 2.17. The van der Waals surface area contributed by atoms with Gasteiger partial charge in [-0.3, -0.25) is 0 Å². The Hall–Kier alpha value is -0.940. The first-order valence-corrected chi connectivity index (χ1v) is 7.54. The smallest absolute Gasteiger partial charge is 0.131 e. The fourth-order valence-electron chi connectivity index (χ4n) is 2.58. The van der Waals surface area contributed by atoms with Crippen molar-refractivity contribution in [3.05, 3.63) is 16.5 Å². The molecule has 1 aromatic heterocycles. The van der Waals surface area contributed by atoms with Crippen molar-refractivity contribution in [3.63, 3.8) is 0 Å². The van der Waals surface area contributed by atoms with Gasteiger partial charge >= 0.3 is 0 Å². The molecular formula is C14H23N3OS. The molecule has 1 aromatic rings. The van der Waals surface area contributed by atoms with Crippen LogP contribution in [-0.2, 0) is 4.74 Å². The van der Waals surface area contributed by atoms with E-state index in [1.165, 1.54) is 32.1 Å². The van der Waals surface area contributed by atoms with Crippen LogP contribution in [0.5, 0.6) is 0 Å². The second kappa shape index (κ2) is 7.60. The predicted molar refractivity (Wildman–Crippen MR) is 80.2 cm³/mol. The van der Waals surface area contributed by atoms with Crippen molar-refractivity contribution >= 4 is 18.0 Å². The van der Waals surface area contributed by atoms with E-state index in [2.05, 4.69) is 15.3 Å². The Morgan fingerprint density at radius 2 is 2.21 bits per heavy atom. The number of rotatable bonds is 6. The standard InChI is InChI=1S/C14H23N3OS/c1-18-9-5-8-15-12-10-13(19)17-14(16-12)11-6-3-2-4-7-11/h10-11H,2-9H2,1H3,(H2,15,16,17,19). The zero-order valence-electron chi connectivity index (χ0n) is 11.6. The van der Waals surface area contributed by atoms with E-state index >= 15 is 0 Å². The number of nitrogens with one attached hydrogen (secondary N) is 2. The number of hydrogen-bond acceptors (Lipinski definition) is 4. The molecule has 1 saturated carbocycles. The van der Waals surface area contributed by atoms with Crippen molar-refractivity contribution in [2.75, 3.05) is 25.6 Å². The Kier molecular flexibility index (Phi) is 5.79. The molecule has 0 bridgehead atoms. The third-order valence-electron chi connectivity index (χ3n) is 3.59. The normalized spacial score (nSPS) is 16.5. The van der Waals surface area contributed by atoms with Crippen LogP contribution in [-0.4, -0.2) is 30.2 Å². The van der Waals surface area contributed by atoms with Gasteiger partial charge in [-0.25, -0.2) is 4.98 Å². The maximum Gasteiger partial charge on any atom is 0.131 e.